The van der Waals surface area contributed by atoms with Gasteiger partial charge in [0, 0.05) is 19.0 Å². The zero-order chi connectivity index (χ0) is 11.8. The van der Waals surface area contributed by atoms with Crippen molar-refractivity contribution in [2.75, 3.05) is 7.05 Å². The summed E-state index contributed by atoms with van der Waals surface area (Å²) in [6.07, 6.45) is 5.40. The van der Waals surface area contributed by atoms with Gasteiger partial charge in [0.15, 0.2) is 0 Å². The molecule has 2 unspecified atom stereocenters. The lowest BCUT2D eigenvalue weighted by molar-refractivity contribution is -0.136. The van der Waals surface area contributed by atoms with Gasteiger partial charge in [0.2, 0.25) is 5.91 Å². The second-order valence-electron chi connectivity index (χ2n) is 4.45. The third kappa shape index (κ3) is 4.67. The number of rotatable bonds is 7. The van der Waals surface area contributed by atoms with Crippen LogP contribution in [0.15, 0.2) is 0 Å². The molecule has 0 radical (unpaired) electrons. The van der Waals surface area contributed by atoms with E-state index in [1.54, 1.807) is 0 Å². The molecule has 0 rings (SSSR count). The normalized spacial score (nSPS) is 14.7. The third-order valence-corrected chi connectivity index (χ3v) is 3.35. The lowest BCUT2D eigenvalue weighted by Gasteiger charge is -2.28. The summed E-state index contributed by atoms with van der Waals surface area (Å²) >= 11 is 0. The van der Waals surface area contributed by atoms with Gasteiger partial charge >= 0.3 is 0 Å². The molecule has 0 saturated carbocycles. The number of carbonyl (C=O) groups excluding carboxylic acids is 1. The van der Waals surface area contributed by atoms with E-state index in [-0.39, 0.29) is 5.92 Å². The zero-order valence-corrected chi connectivity index (χ0v) is 11.0. The van der Waals surface area contributed by atoms with Crippen LogP contribution in [0.4, 0.5) is 0 Å². The fourth-order valence-electron chi connectivity index (χ4n) is 1.73. The quantitative estimate of drug-likeness (QED) is 0.634. The Hall–Kier alpha value is -0.530. The molecule has 0 spiro atoms. The summed E-state index contributed by atoms with van der Waals surface area (Å²) in [6, 6.07) is 0.369. The molecule has 2 atom stereocenters. The summed E-state index contributed by atoms with van der Waals surface area (Å²) in [7, 11) is 1.94. The molecule has 0 aliphatic rings. The van der Waals surface area contributed by atoms with Crippen LogP contribution in [0.25, 0.3) is 0 Å². The maximum atomic E-state index is 12.1. The Bertz CT molecular complexity index is 179. The highest BCUT2D eigenvalue weighted by Crippen LogP contribution is 2.17. The van der Waals surface area contributed by atoms with Gasteiger partial charge in [-0.05, 0) is 26.2 Å². The van der Waals surface area contributed by atoms with Gasteiger partial charge in [-0.15, -0.1) is 0 Å². The van der Waals surface area contributed by atoms with E-state index < -0.39 is 0 Å². The molecular formula is C13H27NO. The minimum Gasteiger partial charge on any atom is -0.343 e. The van der Waals surface area contributed by atoms with Crippen LogP contribution in [-0.4, -0.2) is 23.9 Å². The topological polar surface area (TPSA) is 20.3 Å². The molecule has 0 aromatic heterocycles. The molecule has 0 bridgehead atoms. The molecule has 0 aromatic rings. The third-order valence-electron chi connectivity index (χ3n) is 3.35. The first kappa shape index (κ1) is 14.5. The fraction of sp³-hybridized carbons (Fsp3) is 0.923. The fourth-order valence-corrected chi connectivity index (χ4v) is 1.73. The van der Waals surface area contributed by atoms with Crippen LogP contribution in [0.5, 0.6) is 0 Å². The van der Waals surface area contributed by atoms with Gasteiger partial charge in [0.1, 0.15) is 0 Å². The van der Waals surface area contributed by atoms with Crippen molar-refractivity contribution < 1.29 is 4.79 Å². The molecule has 2 heteroatoms. The lowest BCUT2D eigenvalue weighted by atomic mass is 9.97. The average Bonchev–Trinajstić information content (AvgIpc) is 2.27. The number of hydrogen-bond acceptors (Lipinski definition) is 1. The Kier molecular flexibility index (Phi) is 7.45. The van der Waals surface area contributed by atoms with Crippen molar-refractivity contribution in [2.45, 2.75) is 65.8 Å². The Morgan fingerprint density at radius 3 is 2.20 bits per heavy atom. The molecule has 1 amide bonds. The standard InChI is InChI=1S/C13H27NO/c1-6-9-10-12(8-3)13(15)14(5)11(4)7-2/h11-12H,6-10H2,1-5H3. The number of unbranched alkanes of at least 4 members (excludes halogenated alkanes) is 1. The Labute approximate surface area is 95.0 Å². The first-order valence-electron chi connectivity index (χ1n) is 6.35. The minimum absolute atomic E-state index is 0.240. The van der Waals surface area contributed by atoms with Crippen molar-refractivity contribution in [1.29, 1.82) is 0 Å². The van der Waals surface area contributed by atoms with Crippen LogP contribution >= 0.6 is 0 Å². The van der Waals surface area contributed by atoms with E-state index in [0.717, 1.165) is 19.3 Å². The van der Waals surface area contributed by atoms with Crippen molar-refractivity contribution in [1.82, 2.24) is 4.90 Å². The van der Waals surface area contributed by atoms with Gasteiger partial charge in [-0.25, -0.2) is 0 Å². The Balaban J connectivity index is 4.24. The highest BCUT2D eigenvalue weighted by atomic mass is 16.2. The monoisotopic (exact) mass is 213 g/mol. The van der Waals surface area contributed by atoms with E-state index in [2.05, 4.69) is 27.7 Å². The van der Waals surface area contributed by atoms with E-state index in [1.807, 2.05) is 11.9 Å². The molecule has 0 aliphatic heterocycles. The van der Waals surface area contributed by atoms with E-state index in [4.69, 9.17) is 0 Å². The van der Waals surface area contributed by atoms with Gasteiger partial charge in [0.05, 0.1) is 0 Å². The van der Waals surface area contributed by atoms with Crippen molar-refractivity contribution in [3.8, 4) is 0 Å². The molecule has 0 heterocycles. The number of amides is 1. The van der Waals surface area contributed by atoms with E-state index >= 15 is 0 Å². The summed E-state index contributed by atoms with van der Waals surface area (Å²) in [5, 5.41) is 0. The SMILES string of the molecule is CCCCC(CC)C(=O)N(C)C(C)CC. The van der Waals surface area contributed by atoms with Gasteiger partial charge in [-0.3, -0.25) is 4.79 Å². The zero-order valence-electron chi connectivity index (χ0n) is 11.0. The molecule has 0 aliphatic carbocycles. The smallest absolute Gasteiger partial charge is 0.225 e. The molecular weight excluding hydrogens is 186 g/mol. The van der Waals surface area contributed by atoms with Crippen LogP contribution in [-0.2, 0) is 4.79 Å². The highest BCUT2D eigenvalue weighted by molar-refractivity contribution is 5.78. The maximum Gasteiger partial charge on any atom is 0.225 e. The predicted octanol–water partition coefficient (Wildman–Crippen LogP) is 3.46. The molecule has 0 N–H and O–H groups in total. The van der Waals surface area contributed by atoms with Crippen LogP contribution in [0.2, 0.25) is 0 Å². The van der Waals surface area contributed by atoms with E-state index in [9.17, 15) is 4.79 Å². The van der Waals surface area contributed by atoms with Gasteiger partial charge in [-0.2, -0.15) is 0 Å². The molecule has 0 aromatic carbocycles. The van der Waals surface area contributed by atoms with Gasteiger partial charge < -0.3 is 4.90 Å². The number of hydrogen-bond donors (Lipinski definition) is 0. The maximum absolute atomic E-state index is 12.1. The second kappa shape index (κ2) is 7.72. The molecule has 0 fully saturated rings. The average molecular weight is 213 g/mol. The van der Waals surface area contributed by atoms with Crippen LogP contribution in [0, 0.1) is 5.92 Å². The van der Waals surface area contributed by atoms with Crippen LogP contribution in [0.1, 0.15) is 59.8 Å². The summed E-state index contributed by atoms with van der Waals surface area (Å²) < 4.78 is 0. The van der Waals surface area contributed by atoms with Crippen LogP contribution < -0.4 is 0 Å². The molecule has 2 nitrogen and oxygen atoms in total. The first-order chi connectivity index (χ1) is 7.08. The second-order valence-corrected chi connectivity index (χ2v) is 4.45. The predicted molar refractivity (Wildman–Crippen MR) is 65.8 cm³/mol. The summed E-state index contributed by atoms with van der Waals surface area (Å²) in [6.45, 7) is 8.53. The Morgan fingerprint density at radius 2 is 1.80 bits per heavy atom. The largest absolute Gasteiger partial charge is 0.343 e. The molecule has 90 valence electrons. The van der Waals surface area contributed by atoms with Crippen molar-refractivity contribution in [3.63, 3.8) is 0 Å². The summed E-state index contributed by atoms with van der Waals surface area (Å²) in [5.41, 5.74) is 0. The Morgan fingerprint density at radius 1 is 1.20 bits per heavy atom. The number of carbonyl (C=O) groups is 1. The first-order valence-corrected chi connectivity index (χ1v) is 6.35. The van der Waals surface area contributed by atoms with E-state index in [0.29, 0.717) is 11.9 Å². The minimum atomic E-state index is 0.240. The molecule has 15 heavy (non-hydrogen) atoms. The van der Waals surface area contributed by atoms with Gasteiger partial charge in [-0.1, -0.05) is 33.6 Å². The van der Waals surface area contributed by atoms with Gasteiger partial charge in [0.25, 0.3) is 0 Å². The van der Waals surface area contributed by atoms with Crippen LogP contribution in [0.3, 0.4) is 0 Å². The summed E-state index contributed by atoms with van der Waals surface area (Å²) in [5.74, 6) is 0.573. The van der Waals surface area contributed by atoms with Crippen molar-refractivity contribution >= 4 is 5.91 Å². The van der Waals surface area contributed by atoms with E-state index in [1.165, 1.54) is 12.8 Å². The van der Waals surface area contributed by atoms with Crippen molar-refractivity contribution in [2.24, 2.45) is 5.92 Å². The summed E-state index contributed by atoms with van der Waals surface area (Å²) in [4.78, 5) is 14.0. The van der Waals surface area contributed by atoms with Crippen molar-refractivity contribution in [3.05, 3.63) is 0 Å². The highest BCUT2D eigenvalue weighted by Gasteiger charge is 2.22. The lowest BCUT2D eigenvalue weighted by Crippen LogP contribution is -2.38. The number of nitrogens with zero attached hydrogens (tertiary/aromatic N) is 1. The molecule has 0 saturated heterocycles.